The lowest BCUT2D eigenvalue weighted by atomic mass is 9.47. The molecule has 3 fully saturated rings. The Kier molecular flexibility index (Phi) is 7.85. The molecule has 0 unspecified atom stereocenters. The van der Waals surface area contributed by atoms with Gasteiger partial charge in [-0.15, -0.1) is 0 Å². The SMILES string of the molecule is CC(C)CCC[C@@H](C)[C@H]1CC[C@H]2[C@@H]3CC=C4C[C@@H](OS(=O)(=O)c5ccc(O)cc5)CC[C@]4(C)[C@H]3CC[C@]12C. The van der Waals surface area contributed by atoms with Crippen LogP contribution in [0, 0.1) is 46.3 Å². The number of benzene rings is 1. The standard InChI is InChI=1S/C33H50O4S/c1-22(2)7-6-8-23(3)29-15-16-30-28-14-9-24-21-26(37-38(35,36)27-12-10-25(34)11-13-27)17-19-32(24,4)31(28)18-20-33(29,30)5/h9-13,22-23,26,28-31,34H,6-8,14-21H2,1-5H3/t23-,26+,28+,29-,30+,31+,32+,33-/m1/s1. The van der Waals surface area contributed by atoms with E-state index in [-0.39, 0.29) is 22.2 Å². The summed E-state index contributed by atoms with van der Waals surface area (Å²) in [7, 11) is -3.84. The van der Waals surface area contributed by atoms with Gasteiger partial charge in [-0.3, -0.25) is 4.18 Å². The topological polar surface area (TPSA) is 63.6 Å². The lowest BCUT2D eigenvalue weighted by Crippen LogP contribution is -2.51. The molecule has 1 aromatic carbocycles. The van der Waals surface area contributed by atoms with Crippen molar-refractivity contribution in [3.05, 3.63) is 35.9 Å². The van der Waals surface area contributed by atoms with Gasteiger partial charge in [0.15, 0.2) is 0 Å². The predicted molar refractivity (Wildman–Crippen MR) is 153 cm³/mol. The van der Waals surface area contributed by atoms with Crippen LogP contribution in [0.3, 0.4) is 0 Å². The van der Waals surface area contributed by atoms with Crippen LogP contribution in [0.5, 0.6) is 5.75 Å². The molecule has 212 valence electrons. The first-order chi connectivity index (χ1) is 17.9. The fourth-order valence-electron chi connectivity index (χ4n) is 9.58. The summed E-state index contributed by atoms with van der Waals surface area (Å²) in [5.41, 5.74) is 2.10. The molecule has 38 heavy (non-hydrogen) atoms. The van der Waals surface area contributed by atoms with Crippen LogP contribution in [-0.2, 0) is 14.3 Å². The normalized spacial score (nSPS) is 37.7. The molecule has 1 N–H and O–H groups in total. The first-order valence-electron chi connectivity index (χ1n) is 15.4. The second-order valence-corrected chi connectivity index (χ2v) is 15.8. The molecule has 0 aromatic heterocycles. The number of allylic oxidation sites excluding steroid dienone is 1. The number of fused-ring (bicyclic) bond motifs is 5. The quantitative estimate of drug-likeness (QED) is 0.264. The monoisotopic (exact) mass is 542 g/mol. The van der Waals surface area contributed by atoms with Gasteiger partial charge >= 0.3 is 0 Å². The van der Waals surface area contributed by atoms with E-state index in [4.69, 9.17) is 4.18 Å². The summed E-state index contributed by atoms with van der Waals surface area (Å²) in [6, 6.07) is 5.63. The summed E-state index contributed by atoms with van der Waals surface area (Å²) in [5.74, 6) is 4.87. The molecule has 0 spiro atoms. The molecular formula is C33H50O4S. The second kappa shape index (κ2) is 10.6. The smallest absolute Gasteiger partial charge is 0.297 e. The number of hydrogen-bond donors (Lipinski definition) is 1. The Labute approximate surface area is 231 Å². The molecule has 0 saturated heterocycles. The van der Waals surface area contributed by atoms with E-state index in [9.17, 15) is 13.5 Å². The van der Waals surface area contributed by atoms with Crippen molar-refractivity contribution in [3.63, 3.8) is 0 Å². The number of rotatable bonds is 8. The van der Waals surface area contributed by atoms with E-state index in [1.54, 1.807) is 0 Å². The lowest BCUT2D eigenvalue weighted by molar-refractivity contribution is -0.0556. The zero-order valence-electron chi connectivity index (χ0n) is 24.3. The first kappa shape index (κ1) is 28.2. The van der Waals surface area contributed by atoms with Gasteiger partial charge in [0.2, 0.25) is 0 Å². The van der Waals surface area contributed by atoms with Crippen molar-refractivity contribution in [1.82, 2.24) is 0 Å². The van der Waals surface area contributed by atoms with Gasteiger partial charge in [0.05, 0.1) is 11.0 Å². The van der Waals surface area contributed by atoms with Crippen LogP contribution < -0.4 is 0 Å². The Morgan fingerprint density at radius 2 is 1.71 bits per heavy atom. The Bertz CT molecular complexity index is 1120. The molecule has 0 heterocycles. The van der Waals surface area contributed by atoms with Gasteiger partial charge in [-0.05, 0) is 122 Å². The van der Waals surface area contributed by atoms with Gasteiger partial charge in [-0.1, -0.05) is 65.5 Å². The molecule has 0 bridgehead atoms. The van der Waals surface area contributed by atoms with Crippen LogP contribution in [0.1, 0.15) is 105 Å². The molecule has 4 aliphatic carbocycles. The van der Waals surface area contributed by atoms with Crippen molar-refractivity contribution in [2.75, 3.05) is 0 Å². The third kappa shape index (κ3) is 5.11. The zero-order valence-corrected chi connectivity index (χ0v) is 25.1. The van der Waals surface area contributed by atoms with Crippen LogP contribution in [0.15, 0.2) is 40.8 Å². The predicted octanol–water partition coefficient (Wildman–Crippen LogP) is 8.51. The zero-order chi connectivity index (χ0) is 27.3. The minimum absolute atomic E-state index is 0.0528. The Hall–Kier alpha value is -1.33. The summed E-state index contributed by atoms with van der Waals surface area (Å²) in [5, 5.41) is 9.52. The third-order valence-corrected chi connectivity index (χ3v) is 13.0. The molecule has 0 radical (unpaired) electrons. The number of phenols is 1. The van der Waals surface area contributed by atoms with Gasteiger partial charge in [0.1, 0.15) is 5.75 Å². The molecular weight excluding hydrogens is 492 g/mol. The van der Waals surface area contributed by atoms with Crippen molar-refractivity contribution in [2.45, 2.75) is 116 Å². The van der Waals surface area contributed by atoms with Crippen LogP contribution >= 0.6 is 0 Å². The molecule has 0 amide bonds. The summed E-state index contributed by atoms with van der Waals surface area (Å²) in [6.45, 7) is 12.4. The highest BCUT2D eigenvalue weighted by Gasteiger charge is 2.59. The molecule has 0 aliphatic heterocycles. The second-order valence-electron chi connectivity index (χ2n) is 14.2. The summed E-state index contributed by atoms with van der Waals surface area (Å²) in [6.07, 6.45) is 15.4. The average molecular weight is 543 g/mol. The van der Waals surface area contributed by atoms with Crippen molar-refractivity contribution in [3.8, 4) is 5.75 Å². The average Bonchev–Trinajstić information content (AvgIpc) is 3.21. The fourth-order valence-corrected chi connectivity index (χ4v) is 10.7. The third-order valence-electron chi connectivity index (χ3n) is 11.6. The first-order valence-corrected chi connectivity index (χ1v) is 16.8. The van der Waals surface area contributed by atoms with E-state index in [1.807, 2.05) is 0 Å². The van der Waals surface area contributed by atoms with Crippen molar-refractivity contribution >= 4 is 10.1 Å². The summed E-state index contributed by atoms with van der Waals surface area (Å²) >= 11 is 0. The maximum absolute atomic E-state index is 12.9. The number of phenolic OH excluding ortho intramolecular Hbond substituents is 1. The van der Waals surface area contributed by atoms with Gasteiger partial charge in [-0.25, -0.2) is 0 Å². The molecule has 3 saturated carbocycles. The van der Waals surface area contributed by atoms with E-state index in [0.29, 0.717) is 17.8 Å². The lowest BCUT2D eigenvalue weighted by Gasteiger charge is -2.58. The van der Waals surface area contributed by atoms with Crippen LogP contribution in [0.2, 0.25) is 0 Å². The van der Waals surface area contributed by atoms with E-state index < -0.39 is 10.1 Å². The molecule has 8 atom stereocenters. The molecule has 5 heteroatoms. The van der Waals surface area contributed by atoms with Crippen LogP contribution in [0.25, 0.3) is 0 Å². The van der Waals surface area contributed by atoms with Gasteiger partial charge in [-0.2, -0.15) is 8.42 Å². The fraction of sp³-hybridized carbons (Fsp3) is 0.758. The molecule has 4 aliphatic rings. The minimum atomic E-state index is -3.84. The maximum atomic E-state index is 12.9. The highest BCUT2D eigenvalue weighted by Crippen LogP contribution is 2.67. The van der Waals surface area contributed by atoms with Gasteiger partial charge < -0.3 is 5.11 Å². The summed E-state index contributed by atoms with van der Waals surface area (Å²) in [4.78, 5) is 0.113. The Morgan fingerprint density at radius 1 is 0.974 bits per heavy atom. The van der Waals surface area contributed by atoms with E-state index >= 15 is 0 Å². The Morgan fingerprint density at radius 3 is 2.42 bits per heavy atom. The van der Waals surface area contributed by atoms with E-state index in [2.05, 4.69) is 40.7 Å². The highest BCUT2D eigenvalue weighted by atomic mass is 32.2. The molecule has 4 nitrogen and oxygen atoms in total. The van der Waals surface area contributed by atoms with Gasteiger partial charge in [0, 0.05) is 0 Å². The molecule has 1 aromatic rings. The van der Waals surface area contributed by atoms with E-state index in [1.165, 1.54) is 74.8 Å². The van der Waals surface area contributed by atoms with Gasteiger partial charge in [0.25, 0.3) is 10.1 Å². The highest BCUT2D eigenvalue weighted by molar-refractivity contribution is 7.86. The van der Waals surface area contributed by atoms with Crippen LogP contribution in [-0.4, -0.2) is 19.6 Å². The van der Waals surface area contributed by atoms with Crippen molar-refractivity contribution in [2.24, 2.45) is 46.3 Å². The maximum Gasteiger partial charge on any atom is 0.297 e. The van der Waals surface area contributed by atoms with Crippen molar-refractivity contribution in [1.29, 1.82) is 0 Å². The summed E-state index contributed by atoms with van der Waals surface area (Å²) < 4.78 is 31.6. The largest absolute Gasteiger partial charge is 0.508 e. The Balaban J connectivity index is 1.27. The van der Waals surface area contributed by atoms with E-state index in [0.717, 1.165) is 48.9 Å². The van der Waals surface area contributed by atoms with Crippen LogP contribution in [0.4, 0.5) is 0 Å². The van der Waals surface area contributed by atoms with Crippen molar-refractivity contribution < 1.29 is 17.7 Å². The number of hydrogen-bond acceptors (Lipinski definition) is 4. The molecule has 5 rings (SSSR count). The number of aromatic hydroxyl groups is 1. The minimum Gasteiger partial charge on any atom is -0.508 e.